The van der Waals surface area contributed by atoms with Gasteiger partial charge in [0.1, 0.15) is 0 Å². The first-order chi connectivity index (χ1) is 5.38. The summed E-state index contributed by atoms with van der Waals surface area (Å²) in [5.74, 6) is 0.170. The molecule has 2 heteroatoms. The number of carbonyl (C=O) groups is 1. The zero-order chi connectivity index (χ0) is 7.68. The molecule has 0 saturated carbocycles. The monoisotopic (exact) mass is 150 g/mol. The van der Waals surface area contributed by atoms with Crippen LogP contribution in [0.2, 0.25) is 0 Å². The summed E-state index contributed by atoms with van der Waals surface area (Å²) in [5.41, 5.74) is 1.72. The van der Waals surface area contributed by atoms with Crippen molar-refractivity contribution in [2.45, 2.75) is 6.42 Å². The molecule has 54 valence electrons. The zero-order valence-corrected chi connectivity index (χ0v) is 7.00. The molecule has 1 aliphatic carbocycles. The summed E-state index contributed by atoms with van der Waals surface area (Å²) in [6.07, 6.45) is 4.37. The first-order valence-electron chi connectivity index (χ1n) is 3.58. The van der Waals surface area contributed by atoms with E-state index >= 15 is 0 Å². The Hall–Kier alpha value is -0.773. The van der Waals surface area contributed by atoms with Crippen molar-refractivity contribution < 1.29 is 23.7 Å². The minimum absolute atomic E-state index is 0. The maximum absolute atomic E-state index is 11.2. The minimum atomic E-state index is 0. The van der Waals surface area contributed by atoms with Gasteiger partial charge in [0.05, 0.1) is 5.78 Å². The SMILES string of the molecule is O=C1CC=Cc2ccc[c-]c21.[Li+]. The topological polar surface area (TPSA) is 17.1 Å². The first kappa shape index (κ1) is 9.32. The first-order valence-corrected chi connectivity index (χ1v) is 3.58. The van der Waals surface area contributed by atoms with Crippen molar-refractivity contribution in [3.8, 4) is 0 Å². The number of ketones is 1. The Kier molecular flexibility index (Phi) is 2.92. The molecular weight excluding hydrogens is 143 g/mol. The Morgan fingerprint density at radius 3 is 3.00 bits per heavy atom. The number of hydrogen-bond donors (Lipinski definition) is 0. The van der Waals surface area contributed by atoms with Crippen molar-refractivity contribution in [2.75, 3.05) is 0 Å². The Labute approximate surface area is 83.7 Å². The molecule has 0 unspecified atom stereocenters. The summed E-state index contributed by atoms with van der Waals surface area (Å²) in [4.78, 5) is 11.2. The van der Waals surface area contributed by atoms with Crippen molar-refractivity contribution in [3.05, 3.63) is 41.5 Å². The average molecular weight is 150 g/mol. The normalized spacial score (nSPS) is 13.5. The number of hydrogen-bond acceptors (Lipinski definition) is 1. The van der Waals surface area contributed by atoms with Gasteiger partial charge in [0.25, 0.3) is 0 Å². The van der Waals surface area contributed by atoms with Gasteiger partial charge in [-0.05, 0) is 6.42 Å². The van der Waals surface area contributed by atoms with Gasteiger partial charge >= 0.3 is 18.9 Å². The standard InChI is InChI=1S/C10H7O.Li/c11-10-7-3-5-8-4-1-2-6-9(8)10;/h1-5H,7H2;/q-1;+1. The Morgan fingerprint density at radius 1 is 1.42 bits per heavy atom. The summed E-state index contributed by atoms with van der Waals surface area (Å²) >= 11 is 0. The third kappa shape index (κ3) is 1.53. The van der Waals surface area contributed by atoms with Crippen LogP contribution in [-0.2, 0) is 0 Å². The molecule has 0 fully saturated rings. The molecule has 12 heavy (non-hydrogen) atoms. The maximum atomic E-state index is 11.2. The summed E-state index contributed by atoms with van der Waals surface area (Å²) in [6.45, 7) is 0. The molecule has 0 saturated heterocycles. The average Bonchev–Trinajstić information content (AvgIpc) is 2.06. The zero-order valence-electron chi connectivity index (χ0n) is 7.00. The molecule has 0 spiro atoms. The van der Waals surface area contributed by atoms with Crippen LogP contribution in [-0.4, -0.2) is 5.78 Å². The van der Waals surface area contributed by atoms with Crippen LogP contribution in [0.4, 0.5) is 0 Å². The maximum Gasteiger partial charge on any atom is 1.00 e. The van der Waals surface area contributed by atoms with Crippen LogP contribution < -0.4 is 18.9 Å². The van der Waals surface area contributed by atoms with E-state index in [1.54, 1.807) is 6.07 Å². The Morgan fingerprint density at radius 2 is 2.25 bits per heavy atom. The summed E-state index contributed by atoms with van der Waals surface area (Å²) < 4.78 is 0. The molecule has 0 N–H and O–H groups in total. The van der Waals surface area contributed by atoms with E-state index in [9.17, 15) is 4.79 Å². The third-order valence-corrected chi connectivity index (χ3v) is 1.77. The number of fused-ring (bicyclic) bond motifs is 1. The summed E-state index contributed by atoms with van der Waals surface area (Å²) in [6, 6.07) is 8.53. The molecule has 0 amide bonds. The quantitative estimate of drug-likeness (QED) is 0.345. The van der Waals surface area contributed by atoms with E-state index < -0.39 is 0 Å². The molecule has 0 aliphatic heterocycles. The number of rotatable bonds is 0. The molecule has 1 aromatic rings. The van der Waals surface area contributed by atoms with Gasteiger partial charge in [-0.15, -0.1) is 41.5 Å². The largest absolute Gasteiger partial charge is 1.00 e. The molecule has 0 atom stereocenters. The van der Waals surface area contributed by atoms with Crippen molar-refractivity contribution in [2.24, 2.45) is 0 Å². The van der Waals surface area contributed by atoms with Crippen molar-refractivity contribution in [1.82, 2.24) is 0 Å². The van der Waals surface area contributed by atoms with Gasteiger partial charge in [-0.25, -0.2) is 0 Å². The second-order valence-electron chi connectivity index (χ2n) is 2.53. The van der Waals surface area contributed by atoms with E-state index in [2.05, 4.69) is 6.07 Å². The molecule has 2 rings (SSSR count). The molecule has 1 aromatic carbocycles. The van der Waals surface area contributed by atoms with Crippen LogP contribution in [0.25, 0.3) is 6.08 Å². The smallest absolute Gasteiger partial charge is 0.351 e. The second kappa shape index (κ2) is 3.76. The predicted molar refractivity (Wildman–Crippen MR) is 43.3 cm³/mol. The van der Waals surface area contributed by atoms with Gasteiger partial charge in [-0.3, -0.25) is 0 Å². The molecule has 0 bridgehead atoms. The fraction of sp³-hybridized carbons (Fsp3) is 0.100. The third-order valence-electron chi connectivity index (χ3n) is 1.77. The molecule has 1 aliphatic rings. The predicted octanol–water partition coefficient (Wildman–Crippen LogP) is -0.910. The van der Waals surface area contributed by atoms with Gasteiger partial charge in [-0.1, -0.05) is 6.08 Å². The van der Waals surface area contributed by atoms with Crippen LogP contribution in [0.3, 0.4) is 0 Å². The van der Waals surface area contributed by atoms with E-state index in [-0.39, 0.29) is 24.6 Å². The van der Waals surface area contributed by atoms with E-state index in [1.165, 1.54) is 0 Å². The fourth-order valence-corrected chi connectivity index (χ4v) is 1.23. The van der Waals surface area contributed by atoms with Gasteiger partial charge < -0.3 is 4.79 Å². The molecule has 1 nitrogen and oxygen atoms in total. The van der Waals surface area contributed by atoms with Crippen LogP contribution in [0.5, 0.6) is 0 Å². The van der Waals surface area contributed by atoms with E-state index in [0.717, 1.165) is 11.1 Å². The van der Waals surface area contributed by atoms with Crippen LogP contribution in [0, 0.1) is 6.07 Å². The summed E-state index contributed by atoms with van der Waals surface area (Å²) in [7, 11) is 0. The molecular formula is C10H7LiO. The molecule has 0 aromatic heterocycles. The van der Waals surface area contributed by atoms with E-state index in [1.807, 2.05) is 24.3 Å². The number of Topliss-reactive ketones (excluding diaryl/α,β-unsaturated/α-hetero) is 1. The van der Waals surface area contributed by atoms with E-state index in [4.69, 9.17) is 0 Å². The van der Waals surface area contributed by atoms with Gasteiger partial charge in [0, 0.05) is 0 Å². The second-order valence-corrected chi connectivity index (χ2v) is 2.53. The number of allylic oxidation sites excluding steroid dienone is 1. The number of benzene rings is 1. The fourth-order valence-electron chi connectivity index (χ4n) is 1.23. The van der Waals surface area contributed by atoms with Crippen molar-refractivity contribution in [3.63, 3.8) is 0 Å². The number of carbonyl (C=O) groups excluding carboxylic acids is 1. The minimum Gasteiger partial charge on any atom is -0.351 e. The molecule has 0 heterocycles. The Balaban J connectivity index is 0.000000720. The van der Waals surface area contributed by atoms with Gasteiger partial charge in [-0.2, -0.15) is 0 Å². The summed E-state index contributed by atoms with van der Waals surface area (Å²) in [5, 5.41) is 0. The van der Waals surface area contributed by atoms with Gasteiger partial charge in [0.2, 0.25) is 0 Å². The van der Waals surface area contributed by atoms with Crippen LogP contribution in [0.1, 0.15) is 22.3 Å². The molecule has 0 radical (unpaired) electrons. The van der Waals surface area contributed by atoms with Crippen LogP contribution >= 0.6 is 0 Å². The Bertz CT molecular complexity index is 328. The van der Waals surface area contributed by atoms with Crippen LogP contribution in [0.15, 0.2) is 24.3 Å². The van der Waals surface area contributed by atoms with Gasteiger partial charge in [0.15, 0.2) is 0 Å². The van der Waals surface area contributed by atoms with E-state index in [0.29, 0.717) is 6.42 Å². The van der Waals surface area contributed by atoms with Crippen molar-refractivity contribution >= 4 is 11.9 Å². The van der Waals surface area contributed by atoms with Crippen molar-refractivity contribution in [1.29, 1.82) is 0 Å².